The van der Waals surface area contributed by atoms with Crippen LogP contribution in [0.2, 0.25) is 0 Å². The van der Waals surface area contributed by atoms with Crippen LogP contribution in [-0.4, -0.2) is 63.3 Å². The van der Waals surface area contributed by atoms with E-state index in [9.17, 15) is 9.50 Å². The van der Waals surface area contributed by atoms with E-state index in [1.54, 1.807) is 18.3 Å². The third kappa shape index (κ3) is 5.39. The molecule has 0 aliphatic carbocycles. The highest BCUT2D eigenvalue weighted by Crippen LogP contribution is 2.43. The topological polar surface area (TPSA) is 74.6 Å². The molecule has 2 aromatic heterocycles. The summed E-state index contributed by atoms with van der Waals surface area (Å²) in [7, 11) is 0. The second-order valence-corrected chi connectivity index (χ2v) is 13.0. The smallest absolute Gasteiger partial charge is 0.319 e. The van der Waals surface area contributed by atoms with Gasteiger partial charge in [-0.25, -0.2) is 8.78 Å². The maximum atomic E-state index is 16.9. The predicted octanol–water partition coefficient (Wildman–Crippen LogP) is 7.58. The Balaban J connectivity index is 1.36. The fourth-order valence-corrected chi connectivity index (χ4v) is 7.93. The van der Waals surface area contributed by atoms with E-state index in [2.05, 4.69) is 26.3 Å². The fraction of sp³-hybridized carbons (Fsp3) is 0.472. The molecule has 0 unspecified atom stereocenters. The van der Waals surface area contributed by atoms with Crippen molar-refractivity contribution in [3.63, 3.8) is 0 Å². The van der Waals surface area contributed by atoms with Crippen LogP contribution in [0.1, 0.15) is 63.9 Å². The van der Waals surface area contributed by atoms with Crippen LogP contribution in [0.15, 0.2) is 43.1 Å². The Kier molecular flexibility index (Phi) is 8.06. The average Bonchev–Trinajstić information content (AvgIpc) is 3.57. The van der Waals surface area contributed by atoms with Crippen LogP contribution in [-0.2, 0) is 6.42 Å². The molecule has 9 heteroatoms. The van der Waals surface area contributed by atoms with Crippen LogP contribution in [0, 0.1) is 17.6 Å². The number of phenols is 1. The van der Waals surface area contributed by atoms with E-state index in [-0.39, 0.29) is 34.3 Å². The standard InChI is InChI=1S/C36H41F2N5O2/c1-3-23-19-36(13-10-16-43(36)21-23)22-45-35-40-33-28(34(41-35)42-14-8-6-5-7-9-15-42)20-39-32(31(33)38)27-18-25(44)17-24-11-12-29(37)26(4-2)30(24)27/h3,11-12,17-18,20,23,44H,1,4-10,13-16,19,21-22H2,2H3/t23-,36+/m1/s1. The first-order chi connectivity index (χ1) is 21.9. The molecular formula is C36H41F2N5O2. The van der Waals surface area contributed by atoms with Crippen LogP contribution in [0.5, 0.6) is 11.8 Å². The van der Waals surface area contributed by atoms with Gasteiger partial charge in [-0.05, 0) is 85.5 Å². The summed E-state index contributed by atoms with van der Waals surface area (Å²) < 4.78 is 38.2. The van der Waals surface area contributed by atoms with Crippen molar-refractivity contribution < 1.29 is 18.6 Å². The van der Waals surface area contributed by atoms with Gasteiger partial charge in [0.15, 0.2) is 5.82 Å². The molecule has 7 rings (SSSR count). The first-order valence-electron chi connectivity index (χ1n) is 16.5. The van der Waals surface area contributed by atoms with Gasteiger partial charge in [-0.1, -0.05) is 38.3 Å². The first kappa shape index (κ1) is 29.8. The van der Waals surface area contributed by atoms with Crippen LogP contribution in [0.4, 0.5) is 14.6 Å². The SMILES string of the molecule is C=C[C@H]1CN2CCC[C@@]2(COc2nc(N3CCCCCCC3)c3cnc(-c4cc(O)cc5ccc(F)c(CC)c45)c(F)c3n2)C1. The van der Waals surface area contributed by atoms with E-state index in [0.29, 0.717) is 52.0 Å². The van der Waals surface area contributed by atoms with Crippen molar-refractivity contribution in [3.05, 3.63) is 60.3 Å². The van der Waals surface area contributed by atoms with Gasteiger partial charge in [0.2, 0.25) is 0 Å². The third-order valence-corrected chi connectivity index (χ3v) is 10.2. The number of hydrogen-bond donors (Lipinski definition) is 1. The first-order valence-corrected chi connectivity index (χ1v) is 16.5. The number of aromatic nitrogens is 3. The number of benzene rings is 2. The Morgan fingerprint density at radius 3 is 2.64 bits per heavy atom. The van der Waals surface area contributed by atoms with E-state index in [1.807, 2.05) is 13.0 Å². The van der Waals surface area contributed by atoms with Crippen molar-refractivity contribution in [3.8, 4) is 23.0 Å². The predicted molar refractivity (Wildman–Crippen MR) is 174 cm³/mol. The molecule has 3 aliphatic heterocycles. The number of hydrogen-bond acceptors (Lipinski definition) is 7. The number of halogens is 2. The third-order valence-electron chi connectivity index (χ3n) is 10.2. The number of fused-ring (bicyclic) bond motifs is 3. The Morgan fingerprint density at radius 2 is 1.87 bits per heavy atom. The van der Waals surface area contributed by atoms with Gasteiger partial charge in [0.25, 0.3) is 0 Å². The van der Waals surface area contributed by atoms with Crippen LogP contribution in [0.3, 0.4) is 0 Å². The molecule has 2 atom stereocenters. The number of ether oxygens (including phenoxy) is 1. The number of anilines is 1. The molecule has 0 radical (unpaired) electrons. The van der Waals surface area contributed by atoms with Gasteiger partial charge in [0.1, 0.15) is 35.2 Å². The largest absolute Gasteiger partial charge is 0.508 e. The van der Waals surface area contributed by atoms with Gasteiger partial charge >= 0.3 is 6.01 Å². The van der Waals surface area contributed by atoms with Crippen molar-refractivity contribution in [2.45, 2.75) is 70.3 Å². The Labute approximate surface area is 262 Å². The second-order valence-electron chi connectivity index (χ2n) is 13.0. The molecule has 3 saturated heterocycles. The zero-order valence-electron chi connectivity index (χ0n) is 26.0. The van der Waals surface area contributed by atoms with Gasteiger partial charge in [0, 0.05) is 31.4 Å². The van der Waals surface area contributed by atoms with Gasteiger partial charge in [-0.2, -0.15) is 9.97 Å². The van der Waals surface area contributed by atoms with Gasteiger partial charge < -0.3 is 14.7 Å². The molecule has 236 valence electrons. The number of pyridine rings is 1. The van der Waals surface area contributed by atoms with Gasteiger partial charge in [-0.3, -0.25) is 9.88 Å². The molecule has 0 bridgehead atoms. The second kappa shape index (κ2) is 12.2. The summed E-state index contributed by atoms with van der Waals surface area (Å²) in [4.78, 5) is 18.9. The summed E-state index contributed by atoms with van der Waals surface area (Å²) in [5.74, 6) is -0.00709. The molecular weight excluding hydrogens is 572 g/mol. The number of aromatic hydroxyl groups is 1. The highest BCUT2D eigenvalue weighted by molar-refractivity contribution is 6.01. The molecule has 45 heavy (non-hydrogen) atoms. The molecule has 0 saturated carbocycles. The van der Waals surface area contributed by atoms with E-state index < -0.39 is 5.82 Å². The molecule has 1 N–H and O–H groups in total. The summed E-state index contributed by atoms with van der Waals surface area (Å²) in [6.45, 7) is 9.95. The monoisotopic (exact) mass is 613 g/mol. The Hall–Kier alpha value is -3.85. The number of aryl methyl sites for hydroxylation is 1. The molecule has 4 aromatic rings. The quantitative estimate of drug-likeness (QED) is 0.215. The highest BCUT2D eigenvalue weighted by atomic mass is 19.1. The number of nitrogens with zero attached hydrogens (tertiary/aromatic N) is 5. The van der Waals surface area contributed by atoms with Crippen molar-refractivity contribution in [2.75, 3.05) is 37.7 Å². The lowest BCUT2D eigenvalue weighted by Gasteiger charge is -2.31. The lowest BCUT2D eigenvalue weighted by atomic mass is 9.91. The zero-order chi connectivity index (χ0) is 31.1. The fourth-order valence-electron chi connectivity index (χ4n) is 7.93. The van der Waals surface area contributed by atoms with Crippen molar-refractivity contribution in [2.24, 2.45) is 5.92 Å². The van der Waals surface area contributed by atoms with Crippen molar-refractivity contribution in [1.82, 2.24) is 19.9 Å². The highest BCUT2D eigenvalue weighted by Gasteiger charge is 2.48. The minimum absolute atomic E-state index is 0.0112. The normalized spacial score (nSPS) is 22.5. The Morgan fingerprint density at radius 1 is 1.07 bits per heavy atom. The molecule has 5 heterocycles. The Bertz CT molecular complexity index is 1760. The summed E-state index contributed by atoms with van der Waals surface area (Å²) in [5, 5.41) is 12.3. The van der Waals surface area contributed by atoms with Gasteiger partial charge in [-0.15, -0.1) is 6.58 Å². The maximum absolute atomic E-state index is 16.9. The van der Waals surface area contributed by atoms with E-state index in [0.717, 1.165) is 71.1 Å². The molecule has 2 aromatic carbocycles. The average molecular weight is 614 g/mol. The molecule has 3 aliphatic rings. The maximum Gasteiger partial charge on any atom is 0.319 e. The van der Waals surface area contributed by atoms with Crippen LogP contribution >= 0.6 is 0 Å². The minimum atomic E-state index is -0.639. The molecule has 0 spiro atoms. The van der Waals surface area contributed by atoms with Crippen LogP contribution in [0.25, 0.3) is 32.9 Å². The summed E-state index contributed by atoms with van der Waals surface area (Å²) in [6, 6.07) is 6.16. The minimum Gasteiger partial charge on any atom is -0.508 e. The van der Waals surface area contributed by atoms with Crippen molar-refractivity contribution >= 4 is 27.5 Å². The van der Waals surface area contributed by atoms with E-state index in [4.69, 9.17) is 9.72 Å². The summed E-state index contributed by atoms with van der Waals surface area (Å²) in [6.07, 6.45) is 12.7. The zero-order valence-corrected chi connectivity index (χ0v) is 26.0. The summed E-state index contributed by atoms with van der Waals surface area (Å²) >= 11 is 0. The number of rotatable bonds is 7. The van der Waals surface area contributed by atoms with Gasteiger partial charge in [0.05, 0.1) is 10.9 Å². The van der Waals surface area contributed by atoms with E-state index >= 15 is 4.39 Å². The molecule has 0 amide bonds. The van der Waals surface area contributed by atoms with Crippen LogP contribution < -0.4 is 9.64 Å². The lowest BCUT2D eigenvalue weighted by molar-refractivity contribution is 0.107. The van der Waals surface area contributed by atoms with E-state index in [1.165, 1.54) is 18.6 Å². The molecule has 3 fully saturated rings. The summed E-state index contributed by atoms with van der Waals surface area (Å²) in [5.41, 5.74) is 0.811. The number of phenolic OH excluding ortho intramolecular Hbond substituents is 1. The molecule has 7 nitrogen and oxygen atoms in total. The lowest BCUT2D eigenvalue weighted by Crippen LogP contribution is -2.43. The van der Waals surface area contributed by atoms with Crippen molar-refractivity contribution in [1.29, 1.82) is 0 Å².